The lowest BCUT2D eigenvalue weighted by Crippen LogP contribution is -2.56. The summed E-state index contributed by atoms with van der Waals surface area (Å²) in [6.45, 7) is 4.24. The van der Waals surface area contributed by atoms with Gasteiger partial charge in [-0.25, -0.2) is 0 Å². The van der Waals surface area contributed by atoms with Gasteiger partial charge in [0.1, 0.15) is 0 Å². The monoisotopic (exact) mass is 213 g/mol. The molecule has 1 amide bonds. The molecule has 0 bridgehead atoms. The molecule has 2 heterocycles. The van der Waals surface area contributed by atoms with Crippen LogP contribution in [-0.4, -0.2) is 38.4 Å². The van der Waals surface area contributed by atoms with Crippen molar-refractivity contribution in [3.63, 3.8) is 0 Å². The van der Waals surface area contributed by atoms with Crippen LogP contribution in [0.25, 0.3) is 0 Å². The van der Waals surface area contributed by atoms with Crippen LogP contribution in [0.15, 0.2) is 0 Å². The number of hydrogen-bond donors (Lipinski definition) is 1. The van der Waals surface area contributed by atoms with Crippen LogP contribution >= 0.6 is 0 Å². The first-order valence-electron chi connectivity index (χ1n) is 5.50. The number of amides is 1. The average molecular weight is 213 g/mol. The summed E-state index contributed by atoms with van der Waals surface area (Å²) in [6, 6.07) is 0. The number of ether oxygens (including phenoxy) is 2. The Morgan fingerprint density at radius 1 is 1.47 bits per heavy atom. The predicted molar refractivity (Wildman–Crippen MR) is 55.5 cm³/mol. The highest BCUT2D eigenvalue weighted by molar-refractivity contribution is 5.81. The second-order valence-corrected chi connectivity index (χ2v) is 4.91. The van der Waals surface area contributed by atoms with Crippen LogP contribution in [-0.2, 0) is 14.3 Å². The summed E-state index contributed by atoms with van der Waals surface area (Å²) >= 11 is 0. The molecule has 1 unspecified atom stereocenters. The van der Waals surface area contributed by atoms with Crippen LogP contribution in [0.4, 0.5) is 0 Å². The van der Waals surface area contributed by atoms with E-state index in [1.54, 1.807) is 7.11 Å². The second-order valence-electron chi connectivity index (χ2n) is 4.91. The molecule has 2 saturated heterocycles. The molecule has 0 radical (unpaired) electrons. The van der Waals surface area contributed by atoms with Crippen LogP contribution in [0.3, 0.4) is 0 Å². The van der Waals surface area contributed by atoms with E-state index in [0.29, 0.717) is 13.0 Å². The van der Waals surface area contributed by atoms with Gasteiger partial charge in [0.15, 0.2) is 0 Å². The van der Waals surface area contributed by atoms with E-state index in [1.807, 2.05) is 0 Å². The van der Waals surface area contributed by atoms with E-state index in [1.165, 1.54) is 0 Å². The lowest BCUT2D eigenvalue weighted by Gasteiger charge is -2.44. The molecule has 4 nitrogen and oxygen atoms in total. The summed E-state index contributed by atoms with van der Waals surface area (Å²) in [4.78, 5) is 11.6. The topological polar surface area (TPSA) is 47.6 Å². The maximum Gasteiger partial charge on any atom is 0.221 e. The van der Waals surface area contributed by atoms with Gasteiger partial charge in [-0.15, -0.1) is 0 Å². The Kier molecular flexibility index (Phi) is 2.73. The first-order valence-corrected chi connectivity index (χ1v) is 5.50. The highest BCUT2D eigenvalue weighted by Crippen LogP contribution is 2.45. The van der Waals surface area contributed by atoms with E-state index in [0.717, 1.165) is 26.1 Å². The number of methoxy groups -OCH3 is 1. The molecule has 2 aliphatic heterocycles. The van der Waals surface area contributed by atoms with E-state index < -0.39 is 0 Å². The van der Waals surface area contributed by atoms with Crippen molar-refractivity contribution in [3.05, 3.63) is 0 Å². The molecular formula is C11H19NO3. The molecule has 86 valence electrons. The van der Waals surface area contributed by atoms with Gasteiger partial charge >= 0.3 is 0 Å². The zero-order valence-electron chi connectivity index (χ0n) is 9.47. The Bertz CT molecular complexity index is 261. The van der Waals surface area contributed by atoms with Gasteiger partial charge in [-0.3, -0.25) is 4.79 Å². The lowest BCUT2D eigenvalue weighted by molar-refractivity contribution is -0.120. The fourth-order valence-corrected chi connectivity index (χ4v) is 2.94. The fourth-order valence-electron chi connectivity index (χ4n) is 2.94. The molecule has 1 N–H and O–H groups in total. The number of nitrogens with one attached hydrogen (secondary N) is 1. The van der Waals surface area contributed by atoms with Gasteiger partial charge in [0.05, 0.1) is 12.1 Å². The molecule has 0 aromatic carbocycles. The Labute approximate surface area is 90.3 Å². The molecule has 0 aliphatic carbocycles. The summed E-state index contributed by atoms with van der Waals surface area (Å²) in [7, 11) is 1.70. The Morgan fingerprint density at radius 3 is 2.73 bits per heavy atom. The van der Waals surface area contributed by atoms with Crippen LogP contribution < -0.4 is 5.32 Å². The quantitative estimate of drug-likeness (QED) is 0.735. The Balaban J connectivity index is 2.23. The van der Waals surface area contributed by atoms with E-state index in [2.05, 4.69) is 12.2 Å². The van der Waals surface area contributed by atoms with Gasteiger partial charge < -0.3 is 14.8 Å². The van der Waals surface area contributed by atoms with Crippen molar-refractivity contribution in [2.45, 2.75) is 31.7 Å². The SMILES string of the molecule is COCC1(C)CC(=O)NC12CCOCC2. The smallest absolute Gasteiger partial charge is 0.221 e. The maximum atomic E-state index is 11.6. The molecule has 0 aromatic heterocycles. The summed E-state index contributed by atoms with van der Waals surface area (Å²) in [6.07, 6.45) is 2.37. The normalized spacial score (nSPS) is 34.4. The highest BCUT2D eigenvalue weighted by atomic mass is 16.5. The number of carbonyl (C=O) groups excluding carboxylic acids is 1. The third-order valence-electron chi connectivity index (χ3n) is 3.89. The van der Waals surface area contributed by atoms with Crippen LogP contribution in [0.2, 0.25) is 0 Å². The molecule has 4 heteroatoms. The van der Waals surface area contributed by atoms with Gasteiger partial charge in [0, 0.05) is 32.2 Å². The van der Waals surface area contributed by atoms with Gasteiger partial charge in [0.25, 0.3) is 0 Å². The molecule has 2 aliphatic rings. The van der Waals surface area contributed by atoms with Crippen LogP contribution in [0.5, 0.6) is 0 Å². The third kappa shape index (κ3) is 1.66. The minimum absolute atomic E-state index is 0.0807. The van der Waals surface area contributed by atoms with Gasteiger partial charge in [-0.1, -0.05) is 6.92 Å². The summed E-state index contributed by atoms with van der Waals surface area (Å²) in [5.41, 5.74) is -0.180. The van der Waals surface area contributed by atoms with Crippen molar-refractivity contribution < 1.29 is 14.3 Å². The van der Waals surface area contributed by atoms with Crippen molar-refractivity contribution in [2.75, 3.05) is 26.9 Å². The van der Waals surface area contributed by atoms with Crippen LogP contribution in [0.1, 0.15) is 26.2 Å². The Hall–Kier alpha value is -0.610. The predicted octanol–water partition coefficient (Wildman–Crippen LogP) is 0.708. The number of hydrogen-bond acceptors (Lipinski definition) is 3. The second kappa shape index (κ2) is 3.76. The van der Waals surface area contributed by atoms with E-state index >= 15 is 0 Å². The summed E-state index contributed by atoms with van der Waals surface area (Å²) in [5, 5.41) is 3.15. The molecule has 2 fully saturated rings. The minimum Gasteiger partial charge on any atom is -0.384 e. The van der Waals surface area contributed by atoms with Crippen molar-refractivity contribution in [2.24, 2.45) is 5.41 Å². The van der Waals surface area contributed by atoms with E-state index in [9.17, 15) is 4.79 Å². The zero-order valence-corrected chi connectivity index (χ0v) is 9.47. The fraction of sp³-hybridized carbons (Fsp3) is 0.909. The minimum atomic E-state index is -0.0989. The largest absolute Gasteiger partial charge is 0.384 e. The maximum absolute atomic E-state index is 11.6. The van der Waals surface area contributed by atoms with Crippen molar-refractivity contribution in [1.29, 1.82) is 0 Å². The molecule has 15 heavy (non-hydrogen) atoms. The molecular weight excluding hydrogens is 194 g/mol. The van der Waals surface area contributed by atoms with Crippen molar-refractivity contribution in [1.82, 2.24) is 5.32 Å². The highest BCUT2D eigenvalue weighted by Gasteiger charge is 2.55. The Morgan fingerprint density at radius 2 is 2.13 bits per heavy atom. The van der Waals surface area contributed by atoms with Gasteiger partial charge in [-0.2, -0.15) is 0 Å². The molecule has 2 rings (SSSR count). The molecule has 0 aromatic rings. The molecule has 0 saturated carbocycles. The first kappa shape index (κ1) is 10.9. The zero-order chi connectivity index (χ0) is 10.9. The summed E-state index contributed by atoms with van der Waals surface area (Å²) < 4.78 is 10.6. The van der Waals surface area contributed by atoms with Crippen molar-refractivity contribution >= 4 is 5.91 Å². The number of carbonyl (C=O) groups is 1. The van der Waals surface area contributed by atoms with Crippen LogP contribution in [0, 0.1) is 5.41 Å². The standard InChI is InChI=1S/C11H19NO3/c1-10(8-14-2)7-9(13)12-11(10)3-5-15-6-4-11/h3-8H2,1-2H3,(H,12,13). The number of rotatable bonds is 2. The average Bonchev–Trinajstić information content (AvgIpc) is 2.40. The van der Waals surface area contributed by atoms with Crippen molar-refractivity contribution in [3.8, 4) is 0 Å². The molecule has 1 spiro atoms. The van der Waals surface area contributed by atoms with E-state index in [4.69, 9.17) is 9.47 Å². The van der Waals surface area contributed by atoms with E-state index in [-0.39, 0.29) is 16.9 Å². The summed E-state index contributed by atoms with van der Waals surface area (Å²) in [5.74, 6) is 0.149. The first-order chi connectivity index (χ1) is 7.12. The van der Waals surface area contributed by atoms with Gasteiger partial charge in [0.2, 0.25) is 5.91 Å². The lowest BCUT2D eigenvalue weighted by atomic mass is 9.68. The third-order valence-corrected chi connectivity index (χ3v) is 3.89. The molecule has 1 atom stereocenters. The van der Waals surface area contributed by atoms with Gasteiger partial charge in [-0.05, 0) is 12.8 Å².